The molecule has 1 aliphatic rings. The second kappa shape index (κ2) is 6.30. The normalized spacial score (nSPS) is 16.6. The first-order valence-electron chi connectivity index (χ1n) is 7.49. The Bertz CT molecular complexity index is 1020. The predicted molar refractivity (Wildman–Crippen MR) is 99.6 cm³/mol. The van der Waals surface area contributed by atoms with Crippen molar-refractivity contribution in [3.63, 3.8) is 0 Å². The number of aromatic nitrogens is 1. The Balaban J connectivity index is 1.91. The average Bonchev–Trinajstić information content (AvgIpc) is 2.85. The topological polar surface area (TPSA) is 99.3 Å². The predicted octanol–water partition coefficient (Wildman–Crippen LogP) is 2.10. The number of amides is 1. The molecule has 0 bridgehead atoms. The zero-order valence-corrected chi connectivity index (χ0v) is 15.9. The van der Waals surface area contributed by atoms with E-state index in [-0.39, 0.29) is 11.7 Å². The summed E-state index contributed by atoms with van der Waals surface area (Å²) in [5.74, 6) is -0.433. The van der Waals surface area contributed by atoms with Crippen LogP contribution >= 0.6 is 15.9 Å². The maximum Gasteiger partial charge on any atom is 0.271 e. The van der Waals surface area contributed by atoms with Crippen molar-refractivity contribution in [2.45, 2.75) is 19.4 Å². The first kappa shape index (κ1) is 17.7. The zero-order valence-electron chi connectivity index (χ0n) is 13.5. The van der Waals surface area contributed by atoms with Crippen molar-refractivity contribution >= 4 is 43.2 Å². The van der Waals surface area contributed by atoms with E-state index in [0.717, 1.165) is 5.56 Å². The third-order valence-corrected chi connectivity index (χ3v) is 5.70. The summed E-state index contributed by atoms with van der Waals surface area (Å²) in [7, 11) is -3.38. The molecule has 1 aliphatic heterocycles. The van der Waals surface area contributed by atoms with Gasteiger partial charge in [-0.3, -0.25) is 13.9 Å². The zero-order chi connectivity index (χ0) is 18.4. The molecule has 1 aromatic heterocycles. The van der Waals surface area contributed by atoms with Crippen molar-refractivity contribution in [3.8, 4) is 0 Å². The lowest BCUT2D eigenvalue weighted by Crippen LogP contribution is -2.34. The van der Waals surface area contributed by atoms with Gasteiger partial charge in [-0.15, -0.1) is 0 Å². The molecule has 0 saturated carbocycles. The van der Waals surface area contributed by atoms with Crippen LogP contribution in [0.15, 0.2) is 39.7 Å². The number of aromatic amines is 1. The van der Waals surface area contributed by atoms with Crippen LogP contribution in [0.5, 0.6) is 0 Å². The Morgan fingerprint density at radius 2 is 2.08 bits per heavy atom. The maximum absolute atomic E-state index is 12.4. The third kappa shape index (κ3) is 3.47. The quantitative estimate of drug-likeness (QED) is 0.785. The van der Waals surface area contributed by atoms with Crippen LogP contribution < -0.4 is 15.2 Å². The number of nitrogens with one attached hydrogen (secondary N) is 2. The van der Waals surface area contributed by atoms with Gasteiger partial charge in [-0.2, -0.15) is 0 Å². The molecule has 2 aromatic rings. The van der Waals surface area contributed by atoms with Gasteiger partial charge < -0.3 is 10.3 Å². The molecule has 1 aromatic carbocycles. The molecule has 7 nitrogen and oxygen atoms in total. The second-order valence-electron chi connectivity index (χ2n) is 5.97. The molecule has 1 atom stereocenters. The van der Waals surface area contributed by atoms with Gasteiger partial charge in [-0.05, 0) is 59.1 Å². The van der Waals surface area contributed by atoms with Gasteiger partial charge in [-0.1, -0.05) is 0 Å². The molecule has 3 rings (SSSR count). The highest BCUT2D eigenvalue weighted by Crippen LogP contribution is 2.34. The highest BCUT2D eigenvalue weighted by Gasteiger charge is 2.32. The van der Waals surface area contributed by atoms with E-state index in [2.05, 4.69) is 26.2 Å². The van der Waals surface area contributed by atoms with Gasteiger partial charge in [-0.25, -0.2) is 8.42 Å². The van der Waals surface area contributed by atoms with Crippen LogP contribution in [0, 0.1) is 0 Å². The van der Waals surface area contributed by atoms with Gasteiger partial charge in [0.15, 0.2) is 0 Å². The number of pyridine rings is 1. The molecule has 0 saturated heterocycles. The van der Waals surface area contributed by atoms with Gasteiger partial charge in [0, 0.05) is 22.3 Å². The lowest BCUT2D eigenvalue weighted by atomic mass is 10.1. The number of carbonyl (C=O) groups is 1. The number of hydrogen-bond donors (Lipinski definition) is 2. The van der Waals surface area contributed by atoms with Gasteiger partial charge >= 0.3 is 0 Å². The molecule has 0 aliphatic carbocycles. The fourth-order valence-corrected chi connectivity index (χ4v) is 4.60. The van der Waals surface area contributed by atoms with Crippen LogP contribution in [0.2, 0.25) is 0 Å². The van der Waals surface area contributed by atoms with Crippen LogP contribution in [0.25, 0.3) is 0 Å². The molecule has 1 amide bonds. The largest absolute Gasteiger partial charge is 0.326 e. The molecule has 0 spiro atoms. The number of fused-ring (bicyclic) bond motifs is 1. The Morgan fingerprint density at radius 1 is 1.36 bits per heavy atom. The van der Waals surface area contributed by atoms with E-state index >= 15 is 0 Å². The van der Waals surface area contributed by atoms with E-state index < -0.39 is 21.5 Å². The molecule has 0 radical (unpaired) electrons. The van der Waals surface area contributed by atoms with Gasteiger partial charge in [0.1, 0.15) is 5.69 Å². The number of carbonyl (C=O) groups excluding carboxylic acids is 1. The summed E-state index contributed by atoms with van der Waals surface area (Å²) in [5.41, 5.74) is 1.46. The number of nitrogens with zero attached hydrogens (tertiary/aromatic N) is 1. The lowest BCUT2D eigenvalue weighted by Gasteiger charge is -2.21. The van der Waals surface area contributed by atoms with Crippen LogP contribution in [0.3, 0.4) is 0 Å². The van der Waals surface area contributed by atoms with Crippen LogP contribution in [0.1, 0.15) is 22.8 Å². The standard InChI is InChI=1S/C16H16BrN3O4S/c1-9-5-11-6-10(3-4-14(11)20(9)25(2,23)24)15(21)19-13-7-12(17)8-18-16(13)22/h3-4,6-9H,5H2,1-2H3,(H,18,22)(H,19,21). The molecule has 25 heavy (non-hydrogen) atoms. The number of hydrogen-bond acceptors (Lipinski definition) is 4. The number of anilines is 2. The van der Waals surface area contributed by atoms with E-state index in [1.807, 2.05) is 6.92 Å². The van der Waals surface area contributed by atoms with Crippen molar-refractivity contribution < 1.29 is 13.2 Å². The second-order valence-corrected chi connectivity index (χ2v) is 8.75. The summed E-state index contributed by atoms with van der Waals surface area (Å²) in [4.78, 5) is 26.7. The van der Waals surface area contributed by atoms with Crippen LogP contribution in [-0.2, 0) is 16.4 Å². The van der Waals surface area contributed by atoms with Crippen molar-refractivity contribution in [2.75, 3.05) is 15.9 Å². The highest BCUT2D eigenvalue weighted by atomic mass is 79.9. The van der Waals surface area contributed by atoms with Crippen LogP contribution in [-0.4, -0.2) is 31.6 Å². The van der Waals surface area contributed by atoms with Gasteiger partial charge in [0.05, 0.1) is 11.9 Å². The fourth-order valence-electron chi connectivity index (χ4n) is 2.99. The van der Waals surface area contributed by atoms with Crippen molar-refractivity contribution in [1.82, 2.24) is 4.98 Å². The molecule has 132 valence electrons. The molecule has 0 fully saturated rings. The minimum Gasteiger partial charge on any atom is -0.326 e. The summed E-state index contributed by atoms with van der Waals surface area (Å²) in [6, 6.07) is 6.16. The molecule has 1 unspecified atom stereocenters. The SMILES string of the molecule is CC1Cc2cc(C(=O)Nc3cc(Br)c[nH]c3=O)ccc2N1S(C)(=O)=O. The smallest absolute Gasteiger partial charge is 0.271 e. The number of H-pyrrole nitrogens is 1. The van der Waals surface area contributed by atoms with Crippen molar-refractivity contribution in [1.29, 1.82) is 0 Å². The first-order valence-corrected chi connectivity index (χ1v) is 10.1. The minimum absolute atomic E-state index is 0.131. The first-order chi connectivity index (χ1) is 11.7. The summed E-state index contributed by atoms with van der Waals surface area (Å²) in [6.07, 6.45) is 3.17. The molecular weight excluding hydrogens is 410 g/mol. The Labute approximate surface area is 153 Å². The summed E-state index contributed by atoms with van der Waals surface area (Å²) >= 11 is 3.23. The van der Waals surface area contributed by atoms with E-state index in [4.69, 9.17) is 0 Å². The van der Waals surface area contributed by atoms with Crippen molar-refractivity contribution in [2.24, 2.45) is 0 Å². The number of benzene rings is 1. The fraction of sp³-hybridized carbons (Fsp3) is 0.250. The Kier molecular flexibility index (Phi) is 4.46. The molecule has 2 N–H and O–H groups in total. The van der Waals surface area contributed by atoms with E-state index in [9.17, 15) is 18.0 Å². The van der Waals surface area contributed by atoms with Gasteiger partial charge in [0.2, 0.25) is 10.0 Å². The summed E-state index contributed by atoms with van der Waals surface area (Å²) in [6.45, 7) is 1.82. The van der Waals surface area contributed by atoms with Gasteiger partial charge in [0.25, 0.3) is 11.5 Å². The molecular formula is C16H16BrN3O4S. The third-order valence-electron chi connectivity index (χ3n) is 3.97. The Morgan fingerprint density at radius 3 is 2.76 bits per heavy atom. The molecule has 9 heteroatoms. The Hall–Kier alpha value is -2.13. The van der Waals surface area contributed by atoms with E-state index in [0.29, 0.717) is 22.1 Å². The average molecular weight is 426 g/mol. The summed E-state index contributed by atoms with van der Waals surface area (Å²) < 4.78 is 25.9. The molecule has 2 heterocycles. The number of sulfonamides is 1. The monoisotopic (exact) mass is 425 g/mol. The highest BCUT2D eigenvalue weighted by molar-refractivity contribution is 9.10. The summed E-state index contributed by atoms with van der Waals surface area (Å²) in [5, 5.41) is 2.57. The van der Waals surface area contributed by atoms with Crippen LogP contribution in [0.4, 0.5) is 11.4 Å². The van der Waals surface area contributed by atoms with E-state index in [1.54, 1.807) is 18.2 Å². The minimum atomic E-state index is -3.38. The number of halogens is 1. The van der Waals surface area contributed by atoms with E-state index in [1.165, 1.54) is 22.8 Å². The number of rotatable bonds is 3. The van der Waals surface area contributed by atoms with Crippen molar-refractivity contribution in [3.05, 3.63) is 56.4 Å². The maximum atomic E-state index is 12.4. The lowest BCUT2D eigenvalue weighted by molar-refractivity contribution is 0.102.